The summed E-state index contributed by atoms with van der Waals surface area (Å²) in [5, 5.41) is 4.00. The zero-order chi connectivity index (χ0) is 14.2. The molecule has 2 heterocycles. The molecule has 1 saturated heterocycles. The van der Waals surface area contributed by atoms with Gasteiger partial charge in [0.15, 0.2) is 0 Å². The van der Waals surface area contributed by atoms with E-state index in [9.17, 15) is 8.42 Å². The Hall–Kier alpha value is -1.37. The van der Waals surface area contributed by atoms with E-state index in [2.05, 4.69) is 0 Å². The zero-order valence-corrected chi connectivity index (χ0v) is 12.5. The molecule has 6 heteroatoms. The highest BCUT2D eigenvalue weighted by Gasteiger charge is 2.37. The second kappa shape index (κ2) is 5.20. The fourth-order valence-electron chi connectivity index (χ4n) is 2.67. The van der Waals surface area contributed by atoms with Crippen LogP contribution in [-0.2, 0) is 10.0 Å². The topological polar surface area (TPSA) is 63.4 Å². The summed E-state index contributed by atoms with van der Waals surface area (Å²) >= 11 is 1.59. The van der Waals surface area contributed by atoms with Crippen molar-refractivity contribution in [1.29, 1.82) is 0 Å². The number of hydrogen-bond donors (Lipinski definition) is 1. The molecule has 4 nitrogen and oxygen atoms in total. The highest BCUT2D eigenvalue weighted by Crippen LogP contribution is 2.38. The number of sulfonamides is 1. The van der Waals surface area contributed by atoms with E-state index in [-0.39, 0.29) is 10.9 Å². The molecule has 0 spiro atoms. The van der Waals surface area contributed by atoms with Crippen LogP contribution in [0.4, 0.5) is 5.69 Å². The summed E-state index contributed by atoms with van der Waals surface area (Å²) < 4.78 is 27.2. The third kappa shape index (κ3) is 2.24. The molecule has 2 aromatic rings. The summed E-state index contributed by atoms with van der Waals surface area (Å²) in [5.74, 6) is 0. The van der Waals surface area contributed by atoms with Crippen LogP contribution in [0.15, 0.2) is 46.0 Å². The number of nitrogen functional groups attached to an aromatic ring is 1. The van der Waals surface area contributed by atoms with Crippen LogP contribution in [0.5, 0.6) is 0 Å². The summed E-state index contributed by atoms with van der Waals surface area (Å²) in [6, 6.07) is 8.59. The first-order valence-electron chi connectivity index (χ1n) is 6.49. The van der Waals surface area contributed by atoms with Gasteiger partial charge in [-0.2, -0.15) is 15.6 Å². The van der Waals surface area contributed by atoms with Gasteiger partial charge >= 0.3 is 0 Å². The molecule has 20 heavy (non-hydrogen) atoms. The summed E-state index contributed by atoms with van der Waals surface area (Å²) in [6.45, 7) is 0.553. The Morgan fingerprint density at radius 1 is 1.25 bits per heavy atom. The van der Waals surface area contributed by atoms with Gasteiger partial charge in [0.05, 0.1) is 11.7 Å². The van der Waals surface area contributed by atoms with Crippen LogP contribution in [0, 0.1) is 0 Å². The highest BCUT2D eigenvalue weighted by atomic mass is 32.2. The number of hydrogen-bond acceptors (Lipinski definition) is 4. The summed E-state index contributed by atoms with van der Waals surface area (Å²) in [7, 11) is -3.53. The van der Waals surface area contributed by atoms with Crippen LogP contribution < -0.4 is 5.73 Å². The number of anilines is 1. The van der Waals surface area contributed by atoms with E-state index in [0.29, 0.717) is 12.2 Å². The summed E-state index contributed by atoms with van der Waals surface area (Å²) in [6.07, 6.45) is 1.75. The van der Waals surface area contributed by atoms with E-state index in [0.717, 1.165) is 18.4 Å². The monoisotopic (exact) mass is 308 g/mol. The molecule has 1 atom stereocenters. The minimum absolute atomic E-state index is 0.0640. The molecular weight excluding hydrogens is 292 g/mol. The minimum atomic E-state index is -3.53. The van der Waals surface area contributed by atoms with Crippen molar-refractivity contribution in [2.24, 2.45) is 0 Å². The Balaban J connectivity index is 2.01. The first kappa shape index (κ1) is 13.6. The molecule has 1 fully saturated rings. The van der Waals surface area contributed by atoms with Crippen molar-refractivity contribution in [3.8, 4) is 0 Å². The molecular formula is C14H16N2O2S2. The second-order valence-electron chi connectivity index (χ2n) is 4.87. The van der Waals surface area contributed by atoms with Gasteiger partial charge in [-0.05, 0) is 47.4 Å². The summed E-state index contributed by atoms with van der Waals surface area (Å²) in [5.41, 5.74) is 7.22. The predicted octanol–water partition coefficient (Wildman–Crippen LogP) is 2.86. The van der Waals surface area contributed by atoms with Crippen molar-refractivity contribution < 1.29 is 8.42 Å². The van der Waals surface area contributed by atoms with E-state index in [1.165, 1.54) is 0 Å². The zero-order valence-electron chi connectivity index (χ0n) is 10.9. The first-order chi connectivity index (χ1) is 9.60. The summed E-state index contributed by atoms with van der Waals surface area (Å²) in [4.78, 5) is 0.210. The lowest BCUT2D eigenvalue weighted by Crippen LogP contribution is -2.31. The highest BCUT2D eigenvalue weighted by molar-refractivity contribution is 7.89. The van der Waals surface area contributed by atoms with Gasteiger partial charge in [0.2, 0.25) is 10.0 Å². The number of benzene rings is 1. The van der Waals surface area contributed by atoms with E-state index in [1.54, 1.807) is 39.9 Å². The number of nitrogens with zero attached hydrogens (tertiary/aromatic N) is 1. The average molecular weight is 308 g/mol. The van der Waals surface area contributed by atoms with Gasteiger partial charge in [-0.25, -0.2) is 8.42 Å². The van der Waals surface area contributed by atoms with Gasteiger partial charge < -0.3 is 5.73 Å². The van der Waals surface area contributed by atoms with E-state index in [4.69, 9.17) is 5.73 Å². The number of rotatable bonds is 3. The number of para-hydroxylation sites is 1. The second-order valence-corrected chi connectivity index (χ2v) is 7.51. The molecule has 0 saturated carbocycles. The van der Waals surface area contributed by atoms with Crippen molar-refractivity contribution in [1.82, 2.24) is 4.31 Å². The maximum Gasteiger partial charge on any atom is 0.245 e. The Labute approximate surface area is 122 Å². The lowest BCUT2D eigenvalue weighted by molar-refractivity contribution is 0.397. The lowest BCUT2D eigenvalue weighted by Gasteiger charge is -2.24. The molecule has 1 aromatic carbocycles. The third-order valence-electron chi connectivity index (χ3n) is 3.64. The molecule has 1 aliphatic rings. The molecule has 106 valence electrons. The van der Waals surface area contributed by atoms with Crippen LogP contribution >= 0.6 is 11.3 Å². The van der Waals surface area contributed by atoms with Gasteiger partial charge in [0, 0.05) is 6.54 Å². The van der Waals surface area contributed by atoms with Gasteiger partial charge in [0.25, 0.3) is 0 Å². The fourth-order valence-corrected chi connectivity index (χ4v) is 5.18. The molecule has 3 rings (SSSR count). The maximum absolute atomic E-state index is 12.8. The molecule has 0 bridgehead atoms. The Morgan fingerprint density at radius 3 is 2.75 bits per heavy atom. The van der Waals surface area contributed by atoms with Crippen molar-refractivity contribution in [2.45, 2.75) is 23.8 Å². The van der Waals surface area contributed by atoms with E-state index >= 15 is 0 Å². The lowest BCUT2D eigenvalue weighted by atomic mass is 10.1. The fraction of sp³-hybridized carbons (Fsp3) is 0.286. The normalized spacial score (nSPS) is 20.3. The molecule has 1 aliphatic heterocycles. The first-order valence-corrected chi connectivity index (χ1v) is 8.87. The molecule has 2 N–H and O–H groups in total. The van der Waals surface area contributed by atoms with E-state index < -0.39 is 10.0 Å². The molecule has 0 radical (unpaired) electrons. The third-order valence-corrected chi connectivity index (χ3v) is 6.32. The van der Waals surface area contributed by atoms with Crippen molar-refractivity contribution >= 4 is 27.0 Å². The predicted molar refractivity (Wildman–Crippen MR) is 81.0 cm³/mol. The van der Waals surface area contributed by atoms with Crippen molar-refractivity contribution in [3.05, 3.63) is 46.7 Å². The maximum atomic E-state index is 12.8. The SMILES string of the molecule is Nc1ccccc1S(=O)(=O)N1CCCC1c1ccsc1. The van der Waals surface area contributed by atoms with Gasteiger partial charge in [-0.3, -0.25) is 0 Å². The standard InChI is InChI=1S/C14H16N2O2S2/c15-12-4-1-2-6-14(12)20(17,18)16-8-3-5-13(16)11-7-9-19-10-11/h1-2,4,6-7,9-10,13H,3,5,8,15H2. The van der Waals surface area contributed by atoms with Gasteiger partial charge in [-0.15, -0.1) is 0 Å². The molecule has 0 amide bonds. The molecule has 1 unspecified atom stereocenters. The molecule has 0 aliphatic carbocycles. The van der Waals surface area contributed by atoms with Gasteiger partial charge in [0.1, 0.15) is 4.90 Å². The van der Waals surface area contributed by atoms with Crippen LogP contribution in [0.1, 0.15) is 24.4 Å². The molecule has 1 aromatic heterocycles. The minimum Gasteiger partial charge on any atom is -0.398 e. The average Bonchev–Trinajstić information content (AvgIpc) is 3.10. The van der Waals surface area contributed by atoms with Crippen LogP contribution in [0.3, 0.4) is 0 Å². The van der Waals surface area contributed by atoms with Crippen LogP contribution in [0.2, 0.25) is 0 Å². The van der Waals surface area contributed by atoms with Crippen molar-refractivity contribution in [3.63, 3.8) is 0 Å². The Kier molecular flexibility index (Phi) is 3.54. The largest absolute Gasteiger partial charge is 0.398 e. The number of thiophene rings is 1. The van der Waals surface area contributed by atoms with Crippen LogP contribution in [-0.4, -0.2) is 19.3 Å². The van der Waals surface area contributed by atoms with E-state index in [1.807, 2.05) is 16.8 Å². The van der Waals surface area contributed by atoms with Gasteiger partial charge in [-0.1, -0.05) is 12.1 Å². The quantitative estimate of drug-likeness (QED) is 0.887. The van der Waals surface area contributed by atoms with Crippen LogP contribution in [0.25, 0.3) is 0 Å². The Bertz CT molecular complexity index is 696. The number of nitrogens with two attached hydrogens (primary N) is 1. The smallest absolute Gasteiger partial charge is 0.245 e. The van der Waals surface area contributed by atoms with Crippen molar-refractivity contribution in [2.75, 3.05) is 12.3 Å². The Morgan fingerprint density at radius 2 is 2.05 bits per heavy atom.